The minimum Gasteiger partial charge on any atom is -0.504 e. The van der Waals surface area contributed by atoms with Crippen molar-refractivity contribution in [2.45, 2.75) is 23.8 Å². The highest BCUT2D eigenvalue weighted by atomic mass is 32.2. The third-order valence-corrected chi connectivity index (χ3v) is 6.55. The highest BCUT2D eigenvalue weighted by Gasteiger charge is 2.28. The van der Waals surface area contributed by atoms with Gasteiger partial charge in [0.2, 0.25) is 5.75 Å². The third kappa shape index (κ3) is 4.15. The Bertz CT molecular complexity index is 1390. The maximum atomic E-state index is 13.0. The molecule has 9 nitrogen and oxygen atoms in total. The van der Waals surface area contributed by atoms with Crippen molar-refractivity contribution in [2.75, 3.05) is 6.26 Å². The van der Waals surface area contributed by atoms with Gasteiger partial charge in [-0.15, -0.1) is 11.8 Å². The van der Waals surface area contributed by atoms with Gasteiger partial charge in [0.25, 0.3) is 11.6 Å². The number of carbonyl (C=O) groups excluding carboxylic acids is 1. The summed E-state index contributed by atoms with van der Waals surface area (Å²) in [7, 11) is 0. The number of hydrogen-bond acceptors (Lipinski definition) is 8. The van der Waals surface area contributed by atoms with Gasteiger partial charge in [-0.1, -0.05) is 12.1 Å². The van der Waals surface area contributed by atoms with Crippen LogP contribution >= 0.6 is 11.8 Å². The molecule has 0 saturated carbocycles. The molecule has 4 N–H and O–H groups in total. The second-order valence-electron chi connectivity index (χ2n) is 7.78. The van der Waals surface area contributed by atoms with Crippen LogP contribution in [0.25, 0.3) is 11.1 Å². The predicted octanol–water partition coefficient (Wildman–Crippen LogP) is 3.88. The van der Waals surface area contributed by atoms with E-state index >= 15 is 0 Å². The van der Waals surface area contributed by atoms with Crippen LogP contribution in [0.1, 0.15) is 33.9 Å². The summed E-state index contributed by atoms with van der Waals surface area (Å²) in [6, 6.07) is 10.6. The zero-order valence-electron chi connectivity index (χ0n) is 17.9. The molecule has 0 unspecified atom stereocenters. The number of nitrogens with one attached hydrogen (secondary N) is 1. The number of nitro groups is 1. The van der Waals surface area contributed by atoms with Gasteiger partial charge in [-0.25, -0.2) is 0 Å². The summed E-state index contributed by atoms with van der Waals surface area (Å²) in [5, 5.41) is 44.7. The Morgan fingerprint density at radius 2 is 1.88 bits per heavy atom. The lowest BCUT2D eigenvalue weighted by molar-refractivity contribution is -0.384. The van der Waals surface area contributed by atoms with E-state index in [1.54, 1.807) is 18.4 Å². The summed E-state index contributed by atoms with van der Waals surface area (Å²) < 4.78 is 0. The fraction of sp³-hybridized carbons (Fsp3) is 0.167. The van der Waals surface area contributed by atoms with Crippen molar-refractivity contribution >= 4 is 23.4 Å². The Morgan fingerprint density at radius 1 is 1.12 bits per heavy atom. The first-order valence-electron chi connectivity index (χ1n) is 10.3. The van der Waals surface area contributed by atoms with Crippen molar-refractivity contribution in [3.8, 4) is 28.4 Å². The van der Waals surface area contributed by atoms with E-state index in [1.807, 2.05) is 0 Å². The molecule has 0 saturated heterocycles. The first kappa shape index (κ1) is 23.1. The van der Waals surface area contributed by atoms with Gasteiger partial charge in [-0.05, 0) is 60.1 Å². The highest BCUT2D eigenvalue weighted by molar-refractivity contribution is 7.98. The van der Waals surface area contributed by atoms with Crippen molar-refractivity contribution < 1.29 is 25.0 Å². The Hall–Kier alpha value is -4.05. The average molecular weight is 480 g/mol. The van der Waals surface area contributed by atoms with Crippen LogP contribution in [0.2, 0.25) is 0 Å². The van der Waals surface area contributed by atoms with E-state index in [-0.39, 0.29) is 22.2 Å². The normalized spacial score (nSPS) is 14.4. The summed E-state index contributed by atoms with van der Waals surface area (Å²) >= 11 is 1.24. The van der Waals surface area contributed by atoms with E-state index < -0.39 is 34.1 Å². The number of aromatic hydroxyl groups is 3. The monoisotopic (exact) mass is 480 g/mol. The lowest BCUT2D eigenvalue weighted by Crippen LogP contribution is -2.29. The second kappa shape index (κ2) is 9.06. The largest absolute Gasteiger partial charge is 0.504 e. The van der Waals surface area contributed by atoms with Crippen LogP contribution in [0.5, 0.6) is 17.2 Å². The molecule has 0 aliphatic heterocycles. The van der Waals surface area contributed by atoms with E-state index in [9.17, 15) is 35.0 Å². The fourth-order valence-corrected chi connectivity index (χ4v) is 4.58. The van der Waals surface area contributed by atoms with Crippen molar-refractivity contribution in [3.63, 3.8) is 0 Å². The van der Waals surface area contributed by atoms with Crippen LogP contribution in [-0.2, 0) is 6.42 Å². The number of benzene rings is 2. The van der Waals surface area contributed by atoms with Gasteiger partial charge in [-0.3, -0.25) is 19.7 Å². The van der Waals surface area contributed by atoms with Gasteiger partial charge in [0.1, 0.15) is 0 Å². The molecular formula is C24H20N2O7S. The zero-order chi connectivity index (χ0) is 24.6. The fourth-order valence-electron chi connectivity index (χ4n) is 4.11. The summed E-state index contributed by atoms with van der Waals surface area (Å²) in [5.41, 5.74) is 1.21. The summed E-state index contributed by atoms with van der Waals surface area (Å²) in [4.78, 5) is 36.8. The predicted molar refractivity (Wildman–Crippen MR) is 127 cm³/mol. The number of carbonyl (C=O) groups is 1. The number of fused-ring (bicyclic) bond motifs is 3. The van der Waals surface area contributed by atoms with Crippen LogP contribution in [0.15, 0.2) is 58.2 Å². The molecule has 0 spiro atoms. The second-order valence-corrected chi connectivity index (χ2v) is 8.63. The highest BCUT2D eigenvalue weighted by Crippen LogP contribution is 2.48. The number of phenols is 3. The van der Waals surface area contributed by atoms with E-state index in [1.165, 1.54) is 48.2 Å². The van der Waals surface area contributed by atoms with Crippen molar-refractivity contribution in [1.82, 2.24) is 5.32 Å². The molecule has 174 valence electrons. The number of nitrogens with zero attached hydrogens (tertiary/aromatic N) is 1. The number of nitro benzene ring substituents is 1. The van der Waals surface area contributed by atoms with Gasteiger partial charge < -0.3 is 20.6 Å². The molecule has 10 heteroatoms. The maximum absolute atomic E-state index is 13.0. The average Bonchev–Trinajstić information content (AvgIpc) is 3.06. The molecule has 4 rings (SSSR count). The van der Waals surface area contributed by atoms with Crippen molar-refractivity contribution in [3.05, 3.63) is 85.6 Å². The smallest absolute Gasteiger partial charge is 0.270 e. The van der Waals surface area contributed by atoms with Gasteiger partial charge in [-0.2, -0.15) is 0 Å². The minimum absolute atomic E-state index is 0.0862. The molecule has 1 aliphatic carbocycles. The molecule has 0 bridgehead atoms. The molecule has 0 heterocycles. The first-order chi connectivity index (χ1) is 16.2. The molecule has 1 aliphatic rings. The van der Waals surface area contributed by atoms with Gasteiger partial charge in [0, 0.05) is 23.3 Å². The van der Waals surface area contributed by atoms with Gasteiger partial charge in [0.05, 0.1) is 15.9 Å². The lowest BCUT2D eigenvalue weighted by atomic mass is 9.95. The Morgan fingerprint density at radius 3 is 2.59 bits per heavy atom. The third-order valence-electron chi connectivity index (χ3n) is 5.77. The SMILES string of the molecule is CSc1ccc2c(cc1=O)[C@@H](NC(=O)c1cccc([N+](=O)[O-])c1)CCc1cc(O)c(O)c(O)c1-2. The Balaban J connectivity index is 1.86. The standard InChI is InChI=1S/C24H20N2O7S/c1-34-20-8-6-15-16(11-18(20)27)17(7-5-12-10-19(28)22(29)23(30)21(12)15)25-24(31)13-3-2-4-14(9-13)26(32)33/h2-4,6,8-11,17,28-30H,5,7H2,1H3,(H,25,31)/t17-/m0/s1. The van der Waals surface area contributed by atoms with Crippen molar-refractivity contribution in [2.24, 2.45) is 0 Å². The molecular weight excluding hydrogens is 460 g/mol. The van der Waals surface area contributed by atoms with E-state index in [4.69, 9.17) is 0 Å². The maximum Gasteiger partial charge on any atom is 0.270 e. The van der Waals surface area contributed by atoms with Crippen molar-refractivity contribution in [1.29, 1.82) is 0 Å². The molecule has 1 atom stereocenters. The Kier molecular flexibility index (Phi) is 6.16. The molecule has 3 aromatic rings. The van der Waals surface area contributed by atoms with E-state index in [0.29, 0.717) is 34.4 Å². The van der Waals surface area contributed by atoms with Crippen LogP contribution in [0, 0.1) is 10.1 Å². The number of aryl methyl sites for hydroxylation is 1. The number of non-ortho nitro benzene ring substituents is 1. The summed E-state index contributed by atoms with van der Waals surface area (Å²) in [6.45, 7) is 0. The molecule has 34 heavy (non-hydrogen) atoms. The summed E-state index contributed by atoms with van der Waals surface area (Å²) in [6.07, 6.45) is 2.36. The van der Waals surface area contributed by atoms with Crippen LogP contribution in [-0.4, -0.2) is 32.4 Å². The summed E-state index contributed by atoms with van der Waals surface area (Å²) in [5.74, 6) is -2.25. The molecule has 3 aromatic carbocycles. The van der Waals surface area contributed by atoms with E-state index in [2.05, 4.69) is 5.32 Å². The topological polar surface area (TPSA) is 150 Å². The number of thioether (sulfide) groups is 1. The molecule has 0 radical (unpaired) electrons. The number of hydrogen-bond donors (Lipinski definition) is 4. The molecule has 1 amide bonds. The lowest BCUT2D eigenvalue weighted by Gasteiger charge is -2.18. The van der Waals surface area contributed by atoms with Crippen LogP contribution in [0.4, 0.5) is 5.69 Å². The number of rotatable bonds is 4. The first-order valence-corrected chi connectivity index (χ1v) is 11.5. The molecule has 0 fully saturated rings. The van der Waals surface area contributed by atoms with Gasteiger partial charge >= 0.3 is 0 Å². The molecule has 0 aromatic heterocycles. The van der Waals surface area contributed by atoms with Crippen LogP contribution in [0.3, 0.4) is 0 Å². The van der Waals surface area contributed by atoms with Crippen LogP contribution < -0.4 is 10.7 Å². The van der Waals surface area contributed by atoms with Gasteiger partial charge in [0.15, 0.2) is 16.9 Å². The minimum atomic E-state index is -0.687. The van der Waals surface area contributed by atoms with E-state index in [0.717, 1.165) is 0 Å². The zero-order valence-corrected chi connectivity index (χ0v) is 18.8. The quantitative estimate of drug-likeness (QED) is 0.190. The Labute approximate surface area is 197 Å². The number of amides is 1. The number of phenolic OH excluding ortho intramolecular Hbond substituents is 3.